The Bertz CT molecular complexity index is 462. The fraction of sp³-hybridized carbons (Fsp3) is 0.385. The van der Waals surface area contributed by atoms with Crippen LogP contribution in [0.4, 0.5) is 10.1 Å². The average molecular weight is 269 g/mol. The summed E-state index contributed by atoms with van der Waals surface area (Å²) in [6.07, 6.45) is 0.585. The summed E-state index contributed by atoms with van der Waals surface area (Å²) in [5, 5.41) is 2.30. The van der Waals surface area contributed by atoms with Crippen LogP contribution in [-0.2, 0) is 14.3 Å². The molecule has 0 saturated carbocycles. The van der Waals surface area contributed by atoms with Gasteiger partial charge in [-0.3, -0.25) is 4.79 Å². The quantitative estimate of drug-likeness (QED) is 0.633. The molecule has 5 nitrogen and oxygen atoms in total. The van der Waals surface area contributed by atoms with E-state index in [2.05, 4.69) is 5.32 Å². The van der Waals surface area contributed by atoms with E-state index in [-0.39, 0.29) is 17.9 Å². The average Bonchev–Trinajstić information content (AvgIpc) is 2.36. The molecule has 1 amide bonds. The number of anilines is 1. The summed E-state index contributed by atoms with van der Waals surface area (Å²) in [6.45, 7) is 1.97. The zero-order valence-corrected chi connectivity index (χ0v) is 10.9. The van der Waals surface area contributed by atoms with E-state index >= 15 is 0 Å². The van der Waals surface area contributed by atoms with Crippen LogP contribution in [0.2, 0.25) is 0 Å². The highest BCUT2D eigenvalue weighted by Gasteiger charge is 2.11. The molecule has 0 aliphatic carbocycles. The third-order valence-corrected chi connectivity index (χ3v) is 2.24. The van der Waals surface area contributed by atoms with Crippen molar-refractivity contribution < 1.29 is 23.5 Å². The predicted molar refractivity (Wildman–Crippen MR) is 67.5 cm³/mol. The number of halogens is 1. The highest BCUT2D eigenvalue weighted by atomic mass is 19.1. The maximum Gasteiger partial charge on any atom is 0.338 e. The van der Waals surface area contributed by atoms with Crippen LogP contribution >= 0.6 is 0 Å². The van der Waals surface area contributed by atoms with Crippen molar-refractivity contribution in [2.75, 3.05) is 25.6 Å². The molecule has 0 unspecified atom stereocenters. The highest BCUT2D eigenvalue weighted by molar-refractivity contribution is 5.93. The van der Waals surface area contributed by atoms with E-state index in [1.165, 1.54) is 19.1 Å². The lowest BCUT2D eigenvalue weighted by Crippen LogP contribution is -2.11. The van der Waals surface area contributed by atoms with Gasteiger partial charge in [-0.2, -0.15) is 0 Å². The van der Waals surface area contributed by atoms with Gasteiger partial charge < -0.3 is 14.8 Å². The Morgan fingerprint density at radius 3 is 2.68 bits per heavy atom. The molecule has 0 spiro atoms. The smallest absolute Gasteiger partial charge is 0.338 e. The summed E-state index contributed by atoms with van der Waals surface area (Å²) >= 11 is 0. The monoisotopic (exact) mass is 269 g/mol. The molecule has 1 N–H and O–H groups in total. The van der Waals surface area contributed by atoms with Crippen LogP contribution in [0.1, 0.15) is 23.7 Å². The van der Waals surface area contributed by atoms with Gasteiger partial charge in [-0.15, -0.1) is 0 Å². The molecule has 0 heterocycles. The van der Waals surface area contributed by atoms with Gasteiger partial charge in [-0.1, -0.05) is 0 Å². The molecule has 6 heteroatoms. The topological polar surface area (TPSA) is 64.6 Å². The van der Waals surface area contributed by atoms with Crippen molar-refractivity contribution >= 4 is 17.6 Å². The van der Waals surface area contributed by atoms with Gasteiger partial charge >= 0.3 is 5.97 Å². The van der Waals surface area contributed by atoms with Crippen molar-refractivity contribution in [3.8, 4) is 0 Å². The lowest BCUT2D eigenvalue weighted by atomic mass is 10.2. The van der Waals surface area contributed by atoms with Gasteiger partial charge in [0.05, 0.1) is 17.9 Å². The van der Waals surface area contributed by atoms with Crippen molar-refractivity contribution in [3.05, 3.63) is 29.6 Å². The van der Waals surface area contributed by atoms with E-state index in [0.717, 1.165) is 6.07 Å². The normalized spacial score (nSPS) is 10.1. The summed E-state index contributed by atoms with van der Waals surface area (Å²) in [5.74, 6) is -1.58. The first kappa shape index (κ1) is 15.1. The summed E-state index contributed by atoms with van der Waals surface area (Å²) in [6, 6.07) is 3.66. The van der Waals surface area contributed by atoms with E-state index in [1.807, 2.05) is 0 Å². The molecule has 0 saturated heterocycles. The summed E-state index contributed by atoms with van der Waals surface area (Å²) in [4.78, 5) is 22.5. The van der Waals surface area contributed by atoms with Gasteiger partial charge in [0.1, 0.15) is 5.82 Å². The van der Waals surface area contributed by atoms with Crippen molar-refractivity contribution in [1.82, 2.24) is 0 Å². The lowest BCUT2D eigenvalue weighted by molar-refractivity contribution is -0.114. The van der Waals surface area contributed by atoms with Gasteiger partial charge in [0.15, 0.2) is 0 Å². The molecule has 0 aliphatic rings. The van der Waals surface area contributed by atoms with Gasteiger partial charge in [0, 0.05) is 27.1 Å². The Morgan fingerprint density at radius 1 is 1.32 bits per heavy atom. The number of carbonyl (C=O) groups is 2. The fourth-order valence-corrected chi connectivity index (χ4v) is 1.39. The van der Waals surface area contributed by atoms with Crippen molar-refractivity contribution in [3.63, 3.8) is 0 Å². The number of carbonyl (C=O) groups excluding carboxylic acids is 2. The number of esters is 1. The molecule has 0 aliphatic heterocycles. The first-order chi connectivity index (χ1) is 9.04. The second kappa shape index (κ2) is 7.48. The van der Waals surface area contributed by atoms with Crippen LogP contribution in [0, 0.1) is 5.82 Å². The fourth-order valence-electron chi connectivity index (χ4n) is 1.39. The van der Waals surface area contributed by atoms with E-state index < -0.39 is 17.7 Å². The van der Waals surface area contributed by atoms with Crippen molar-refractivity contribution in [2.45, 2.75) is 13.3 Å². The van der Waals surface area contributed by atoms with Gasteiger partial charge in [0.25, 0.3) is 0 Å². The van der Waals surface area contributed by atoms with E-state index in [4.69, 9.17) is 9.47 Å². The molecule has 0 aromatic heterocycles. The minimum absolute atomic E-state index is 0.0427. The second-order valence-corrected chi connectivity index (χ2v) is 3.86. The zero-order valence-electron chi connectivity index (χ0n) is 10.9. The number of hydrogen-bond donors (Lipinski definition) is 1. The number of methoxy groups -OCH3 is 1. The molecule has 0 radical (unpaired) electrons. The van der Waals surface area contributed by atoms with E-state index in [9.17, 15) is 14.0 Å². The van der Waals surface area contributed by atoms with Crippen LogP contribution in [0.5, 0.6) is 0 Å². The van der Waals surface area contributed by atoms with Crippen LogP contribution in [-0.4, -0.2) is 32.2 Å². The van der Waals surface area contributed by atoms with Gasteiger partial charge in [0.2, 0.25) is 5.91 Å². The Balaban J connectivity index is 2.67. The predicted octanol–water partition coefficient (Wildman–Crippen LogP) is 1.98. The Kier molecular flexibility index (Phi) is 5.95. The maximum atomic E-state index is 13.4. The largest absolute Gasteiger partial charge is 0.462 e. The molecular weight excluding hydrogens is 253 g/mol. The molecule has 1 aromatic rings. The third-order valence-electron chi connectivity index (χ3n) is 2.24. The molecule has 1 rings (SSSR count). The second-order valence-electron chi connectivity index (χ2n) is 3.86. The molecule has 0 bridgehead atoms. The summed E-state index contributed by atoms with van der Waals surface area (Å²) < 4.78 is 23.2. The summed E-state index contributed by atoms with van der Waals surface area (Å²) in [7, 11) is 1.56. The number of benzene rings is 1. The van der Waals surface area contributed by atoms with E-state index in [0.29, 0.717) is 13.0 Å². The van der Waals surface area contributed by atoms with Gasteiger partial charge in [-0.05, 0) is 18.2 Å². The third kappa shape index (κ3) is 5.05. The van der Waals surface area contributed by atoms with Crippen LogP contribution in [0.25, 0.3) is 0 Å². The summed E-state index contributed by atoms with van der Waals surface area (Å²) in [5.41, 5.74) is 0.140. The molecule has 0 atom stereocenters. The van der Waals surface area contributed by atoms with Crippen LogP contribution in [0.3, 0.4) is 0 Å². The zero-order chi connectivity index (χ0) is 14.3. The first-order valence-electron chi connectivity index (χ1n) is 5.77. The number of rotatable bonds is 6. The minimum Gasteiger partial charge on any atom is -0.462 e. The Labute approximate surface area is 110 Å². The molecule has 0 fully saturated rings. The Morgan fingerprint density at radius 2 is 2.05 bits per heavy atom. The number of hydrogen-bond acceptors (Lipinski definition) is 4. The number of amides is 1. The standard InChI is InChI=1S/C13H16FNO4/c1-9(16)15-12-8-10(4-5-11(12)14)13(17)19-7-3-6-18-2/h4-5,8H,3,6-7H2,1-2H3,(H,15,16). The molecular formula is C13H16FNO4. The van der Waals surface area contributed by atoms with Crippen LogP contribution in [0.15, 0.2) is 18.2 Å². The van der Waals surface area contributed by atoms with Crippen LogP contribution < -0.4 is 5.32 Å². The molecule has 1 aromatic carbocycles. The van der Waals surface area contributed by atoms with Gasteiger partial charge in [-0.25, -0.2) is 9.18 Å². The van der Waals surface area contributed by atoms with Crippen molar-refractivity contribution in [2.24, 2.45) is 0 Å². The minimum atomic E-state index is -0.605. The maximum absolute atomic E-state index is 13.4. The highest BCUT2D eigenvalue weighted by Crippen LogP contribution is 2.16. The number of ether oxygens (including phenoxy) is 2. The lowest BCUT2D eigenvalue weighted by Gasteiger charge is -2.07. The van der Waals surface area contributed by atoms with Crippen molar-refractivity contribution in [1.29, 1.82) is 0 Å². The SMILES string of the molecule is COCCCOC(=O)c1ccc(F)c(NC(C)=O)c1. The van der Waals surface area contributed by atoms with E-state index in [1.54, 1.807) is 7.11 Å². The molecule has 104 valence electrons. The molecule has 19 heavy (non-hydrogen) atoms. The number of nitrogens with one attached hydrogen (secondary N) is 1. The Hall–Kier alpha value is -1.95. The first-order valence-corrected chi connectivity index (χ1v) is 5.77.